The minimum Gasteiger partial charge on any atom is -0.398 e. The zero-order valence-corrected chi connectivity index (χ0v) is 11.2. The molecule has 0 spiro atoms. The van der Waals surface area contributed by atoms with Gasteiger partial charge in [-0.15, -0.1) is 12.4 Å². The summed E-state index contributed by atoms with van der Waals surface area (Å²) in [5.41, 5.74) is 6.45. The largest absolute Gasteiger partial charge is 0.398 e. The first-order valence-electron chi connectivity index (χ1n) is 5.49. The van der Waals surface area contributed by atoms with Crippen LogP contribution in [0.15, 0.2) is 24.3 Å². The number of benzene rings is 1. The summed E-state index contributed by atoms with van der Waals surface area (Å²) in [5.74, 6) is -0.558. The highest BCUT2D eigenvalue weighted by Crippen LogP contribution is 2.10. The highest BCUT2D eigenvalue weighted by molar-refractivity contribution is 6.01. The van der Waals surface area contributed by atoms with E-state index in [1.54, 1.807) is 31.2 Å². The van der Waals surface area contributed by atoms with E-state index in [0.717, 1.165) is 0 Å². The molecule has 1 aromatic carbocycles. The van der Waals surface area contributed by atoms with Crippen molar-refractivity contribution in [3.8, 4) is 0 Å². The van der Waals surface area contributed by atoms with Crippen molar-refractivity contribution >= 4 is 29.9 Å². The Kier molecular flexibility index (Phi) is 6.82. The minimum absolute atomic E-state index is 0. The summed E-state index contributed by atoms with van der Waals surface area (Å²) in [4.78, 5) is 23.3. The zero-order valence-electron chi connectivity index (χ0n) is 10.4. The predicted molar refractivity (Wildman–Crippen MR) is 73.7 cm³/mol. The van der Waals surface area contributed by atoms with Crippen LogP contribution in [0.3, 0.4) is 0 Å². The van der Waals surface area contributed by atoms with E-state index in [2.05, 4.69) is 10.6 Å². The van der Waals surface area contributed by atoms with E-state index < -0.39 is 6.04 Å². The van der Waals surface area contributed by atoms with E-state index in [-0.39, 0.29) is 24.2 Å². The van der Waals surface area contributed by atoms with Gasteiger partial charge in [0.05, 0.1) is 5.56 Å². The molecule has 0 aliphatic rings. The molecule has 0 radical (unpaired) electrons. The second kappa shape index (κ2) is 7.55. The molecule has 1 rings (SSSR count). The van der Waals surface area contributed by atoms with E-state index in [4.69, 9.17) is 5.73 Å². The van der Waals surface area contributed by atoms with Crippen molar-refractivity contribution < 1.29 is 9.59 Å². The van der Waals surface area contributed by atoms with Gasteiger partial charge in [0, 0.05) is 12.2 Å². The van der Waals surface area contributed by atoms with E-state index in [0.29, 0.717) is 17.8 Å². The molecule has 0 aromatic heterocycles. The lowest BCUT2D eigenvalue weighted by atomic mass is 10.1. The van der Waals surface area contributed by atoms with Crippen molar-refractivity contribution in [2.45, 2.75) is 19.9 Å². The van der Waals surface area contributed by atoms with Gasteiger partial charge < -0.3 is 16.4 Å². The number of halogens is 1. The van der Waals surface area contributed by atoms with Crippen LogP contribution in [0.1, 0.15) is 24.2 Å². The molecule has 100 valence electrons. The summed E-state index contributed by atoms with van der Waals surface area (Å²) >= 11 is 0. The van der Waals surface area contributed by atoms with Crippen LogP contribution in [0.25, 0.3) is 0 Å². The first kappa shape index (κ1) is 16.2. The van der Waals surface area contributed by atoms with E-state index in [1.807, 2.05) is 6.92 Å². The highest BCUT2D eigenvalue weighted by atomic mass is 35.5. The van der Waals surface area contributed by atoms with E-state index >= 15 is 0 Å². The van der Waals surface area contributed by atoms with Crippen molar-refractivity contribution in [2.75, 3.05) is 12.3 Å². The van der Waals surface area contributed by atoms with Gasteiger partial charge in [0.2, 0.25) is 5.91 Å². The number of anilines is 1. The lowest BCUT2D eigenvalue weighted by Gasteiger charge is -2.14. The number of para-hydroxylation sites is 1. The van der Waals surface area contributed by atoms with Gasteiger partial charge in [-0.1, -0.05) is 12.1 Å². The van der Waals surface area contributed by atoms with Gasteiger partial charge in [0.1, 0.15) is 6.04 Å². The van der Waals surface area contributed by atoms with Crippen molar-refractivity contribution in [1.82, 2.24) is 10.6 Å². The molecule has 1 unspecified atom stereocenters. The summed E-state index contributed by atoms with van der Waals surface area (Å²) in [6.45, 7) is 3.98. The number of hydrogen-bond donors (Lipinski definition) is 3. The first-order chi connectivity index (χ1) is 8.06. The van der Waals surface area contributed by atoms with Gasteiger partial charge in [0.25, 0.3) is 5.91 Å². The summed E-state index contributed by atoms with van der Waals surface area (Å²) in [6.07, 6.45) is 0. The molecule has 0 aliphatic heterocycles. The third-order valence-corrected chi connectivity index (χ3v) is 2.30. The molecular formula is C12H18ClN3O2. The number of rotatable bonds is 4. The molecule has 0 aliphatic carbocycles. The average Bonchev–Trinajstić information content (AvgIpc) is 2.29. The Labute approximate surface area is 113 Å². The van der Waals surface area contributed by atoms with Gasteiger partial charge >= 0.3 is 0 Å². The van der Waals surface area contributed by atoms with E-state index in [9.17, 15) is 9.59 Å². The Morgan fingerprint density at radius 1 is 1.33 bits per heavy atom. The quantitative estimate of drug-likeness (QED) is 0.713. The molecule has 0 saturated carbocycles. The maximum absolute atomic E-state index is 11.8. The number of likely N-dealkylation sites (N-methyl/N-ethyl adjacent to an activating group) is 1. The van der Waals surface area contributed by atoms with Crippen LogP contribution in [-0.4, -0.2) is 24.4 Å². The van der Waals surface area contributed by atoms with Crippen LogP contribution >= 0.6 is 12.4 Å². The fourth-order valence-electron chi connectivity index (χ4n) is 1.37. The zero-order chi connectivity index (χ0) is 12.8. The predicted octanol–water partition coefficient (Wildman–Crippen LogP) is 0.945. The van der Waals surface area contributed by atoms with Crippen molar-refractivity contribution in [3.63, 3.8) is 0 Å². The standard InChI is InChI=1S/C12H17N3O2.ClH/c1-3-14-11(16)8(2)15-12(17)9-6-4-5-7-10(9)13;/h4-8H,3,13H2,1-2H3,(H,14,16)(H,15,17);1H. The maximum Gasteiger partial charge on any atom is 0.254 e. The Hall–Kier alpha value is -1.75. The summed E-state index contributed by atoms with van der Waals surface area (Å²) in [5, 5.41) is 5.22. The topological polar surface area (TPSA) is 84.2 Å². The van der Waals surface area contributed by atoms with Crippen LogP contribution < -0.4 is 16.4 Å². The smallest absolute Gasteiger partial charge is 0.254 e. The maximum atomic E-state index is 11.8. The van der Waals surface area contributed by atoms with Crippen LogP contribution in [0.4, 0.5) is 5.69 Å². The Morgan fingerprint density at radius 3 is 2.50 bits per heavy atom. The fourth-order valence-corrected chi connectivity index (χ4v) is 1.37. The van der Waals surface area contributed by atoms with Crippen LogP contribution in [0.5, 0.6) is 0 Å². The van der Waals surface area contributed by atoms with Gasteiger partial charge in [-0.05, 0) is 26.0 Å². The summed E-state index contributed by atoms with van der Waals surface area (Å²) in [7, 11) is 0. The van der Waals surface area contributed by atoms with Gasteiger partial charge in [-0.3, -0.25) is 9.59 Å². The second-order valence-electron chi connectivity index (χ2n) is 3.68. The molecule has 5 nitrogen and oxygen atoms in total. The number of nitrogen functional groups attached to an aromatic ring is 1. The third kappa shape index (κ3) is 4.25. The first-order valence-corrected chi connectivity index (χ1v) is 5.49. The number of nitrogens with one attached hydrogen (secondary N) is 2. The summed E-state index contributed by atoms with van der Waals surface area (Å²) in [6, 6.07) is 6.16. The third-order valence-electron chi connectivity index (χ3n) is 2.30. The van der Waals surface area contributed by atoms with Crippen LogP contribution in [0, 0.1) is 0 Å². The minimum atomic E-state index is -0.581. The monoisotopic (exact) mass is 271 g/mol. The molecule has 0 saturated heterocycles. The molecule has 0 heterocycles. The normalized spacial score (nSPS) is 11.0. The molecule has 0 fully saturated rings. The van der Waals surface area contributed by atoms with Gasteiger partial charge in [-0.2, -0.15) is 0 Å². The lowest BCUT2D eigenvalue weighted by Crippen LogP contribution is -2.44. The molecule has 1 atom stereocenters. The molecule has 2 amide bonds. The van der Waals surface area contributed by atoms with Crippen molar-refractivity contribution in [2.24, 2.45) is 0 Å². The SMILES string of the molecule is CCNC(=O)C(C)NC(=O)c1ccccc1N.Cl. The lowest BCUT2D eigenvalue weighted by molar-refractivity contribution is -0.122. The molecule has 18 heavy (non-hydrogen) atoms. The number of hydrogen-bond acceptors (Lipinski definition) is 3. The fraction of sp³-hybridized carbons (Fsp3) is 0.333. The van der Waals surface area contributed by atoms with Gasteiger partial charge in [-0.25, -0.2) is 0 Å². The second-order valence-corrected chi connectivity index (χ2v) is 3.68. The molecule has 1 aromatic rings. The molecular weight excluding hydrogens is 254 g/mol. The highest BCUT2D eigenvalue weighted by Gasteiger charge is 2.16. The van der Waals surface area contributed by atoms with Crippen molar-refractivity contribution in [1.29, 1.82) is 0 Å². The molecule has 0 bridgehead atoms. The number of carbonyl (C=O) groups excluding carboxylic acids is 2. The van der Waals surface area contributed by atoms with Crippen LogP contribution in [-0.2, 0) is 4.79 Å². The Bertz CT molecular complexity index is 424. The van der Waals surface area contributed by atoms with Crippen molar-refractivity contribution in [3.05, 3.63) is 29.8 Å². The Morgan fingerprint density at radius 2 is 1.94 bits per heavy atom. The molecule has 4 N–H and O–H groups in total. The Balaban J connectivity index is 0.00000289. The molecule has 6 heteroatoms. The number of amides is 2. The summed E-state index contributed by atoms with van der Waals surface area (Å²) < 4.78 is 0. The van der Waals surface area contributed by atoms with Gasteiger partial charge in [0.15, 0.2) is 0 Å². The number of nitrogens with two attached hydrogens (primary N) is 1. The average molecular weight is 272 g/mol. The van der Waals surface area contributed by atoms with E-state index in [1.165, 1.54) is 0 Å². The number of carbonyl (C=O) groups is 2. The van der Waals surface area contributed by atoms with Crippen LogP contribution in [0.2, 0.25) is 0 Å².